The van der Waals surface area contributed by atoms with E-state index in [0.717, 1.165) is 24.3 Å². The molecular formula is C11H13F3O2S. The quantitative estimate of drug-likeness (QED) is 0.781. The van der Waals surface area contributed by atoms with Crippen LogP contribution in [0.2, 0.25) is 0 Å². The Kier molecular flexibility index (Phi) is 3.31. The first-order chi connectivity index (χ1) is 7.46. The van der Waals surface area contributed by atoms with Gasteiger partial charge in [0, 0.05) is 0 Å². The Morgan fingerprint density at radius 3 is 1.65 bits per heavy atom. The van der Waals surface area contributed by atoms with Crippen LogP contribution in [0.15, 0.2) is 29.2 Å². The number of halogens is 3. The van der Waals surface area contributed by atoms with Gasteiger partial charge in [0.15, 0.2) is 9.84 Å². The van der Waals surface area contributed by atoms with Crippen molar-refractivity contribution in [1.29, 1.82) is 0 Å². The summed E-state index contributed by atoms with van der Waals surface area (Å²) in [6.45, 7) is 4.50. The lowest BCUT2D eigenvalue weighted by Crippen LogP contribution is -2.27. The van der Waals surface area contributed by atoms with Gasteiger partial charge in [-0.15, -0.1) is 0 Å². The summed E-state index contributed by atoms with van der Waals surface area (Å²) in [4.78, 5) is -0.0991. The van der Waals surface area contributed by atoms with E-state index in [9.17, 15) is 21.6 Å². The molecule has 6 heteroatoms. The molecule has 0 unspecified atom stereocenters. The van der Waals surface area contributed by atoms with Gasteiger partial charge in [-0.05, 0) is 45.0 Å². The van der Waals surface area contributed by atoms with Crippen LogP contribution in [0, 0.1) is 0 Å². The first-order valence-electron chi connectivity index (χ1n) is 4.88. The average Bonchev–Trinajstić information content (AvgIpc) is 2.15. The third-order valence-corrected chi connectivity index (χ3v) is 4.80. The Balaban J connectivity index is 3.22. The van der Waals surface area contributed by atoms with Gasteiger partial charge in [0.25, 0.3) is 0 Å². The Morgan fingerprint density at radius 1 is 0.941 bits per heavy atom. The fourth-order valence-electron chi connectivity index (χ4n) is 1.18. The maximum Gasteiger partial charge on any atom is 0.416 e. The summed E-state index contributed by atoms with van der Waals surface area (Å²) in [5, 5.41) is 0. The molecule has 17 heavy (non-hydrogen) atoms. The normalized spacial score (nSPS) is 13.8. The average molecular weight is 266 g/mol. The van der Waals surface area contributed by atoms with Crippen LogP contribution in [0.3, 0.4) is 0 Å². The fraction of sp³-hybridized carbons (Fsp3) is 0.455. The molecule has 0 saturated carbocycles. The molecule has 0 spiro atoms. The van der Waals surface area contributed by atoms with Crippen LogP contribution >= 0.6 is 0 Å². The number of hydrogen-bond donors (Lipinski definition) is 0. The van der Waals surface area contributed by atoms with Crippen LogP contribution < -0.4 is 0 Å². The van der Waals surface area contributed by atoms with Crippen LogP contribution in [0.1, 0.15) is 26.3 Å². The van der Waals surface area contributed by atoms with Gasteiger partial charge in [-0.1, -0.05) is 0 Å². The highest BCUT2D eigenvalue weighted by Gasteiger charge is 2.33. The molecule has 0 bridgehead atoms. The van der Waals surface area contributed by atoms with E-state index in [1.807, 2.05) is 0 Å². The summed E-state index contributed by atoms with van der Waals surface area (Å²) < 4.78 is 59.7. The van der Waals surface area contributed by atoms with Crippen molar-refractivity contribution in [2.45, 2.75) is 36.6 Å². The molecule has 0 radical (unpaired) electrons. The van der Waals surface area contributed by atoms with Gasteiger partial charge < -0.3 is 0 Å². The van der Waals surface area contributed by atoms with Crippen molar-refractivity contribution in [2.24, 2.45) is 0 Å². The zero-order valence-corrected chi connectivity index (χ0v) is 10.5. The second-order valence-corrected chi connectivity index (χ2v) is 7.34. The van der Waals surface area contributed by atoms with Crippen molar-refractivity contribution in [2.75, 3.05) is 0 Å². The van der Waals surface area contributed by atoms with E-state index < -0.39 is 26.3 Å². The number of benzene rings is 1. The maximum atomic E-state index is 12.3. The molecule has 0 aliphatic carbocycles. The van der Waals surface area contributed by atoms with Gasteiger partial charge >= 0.3 is 6.18 Å². The molecule has 96 valence electrons. The van der Waals surface area contributed by atoms with Crippen molar-refractivity contribution < 1.29 is 21.6 Å². The van der Waals surface area contributed by atoms with E-state index in [0.29, 0.717) is 0 Å². The Morgan fingerprint density at radius 2 is 1.35 bits per heavy atom. The zero-order chi connectivity index (χ0) is 13.5. The Bertz CT molecular complexity index is 493. The molecule has 1 aromatic carbocycles. The molecule has 0 saturated heterocycles. The van der Waals surface area contributed by atoms with E-state index in [2.05, 4.69) is 0 Å². The van der Waals surface area contributed by atoms with Crippen molar-refractivity contribution >= 4 is 9.84 Å². The molecular weight excluding hydrogens is 253 g/mol. The summed E-state index contributed by atoms with van der Waals surface area (Å²) in [6, 6.07) is 3.53. The second-order valence-electron chi connectivity index (χ2n) is 4.64. The largest absolute Gasteiger partial charge is 0.416 e. The van der Waals surface area contributed by atoms with Crippen LogP contribution in [-0.4, -0.2) is 13.2 Å². The van der Waals surface area contributed by atoms with Crippen molar-refractivity contribution in [3.63, 3.8) is 0 Å². The summed E-state index contributed by atoms with van der Waals surface area (Å²) in [7, 11) is -3.61. The first-order valence-corrected chi connectivity index (χ1v) is 6.36. The lowest BCUT2D eigenvalue weighted by molar-refractivity contribution is -0.137. The van der Waals surface area contributed by atoms with Gasteiger partial charge in [0.2, 0.25) is 0 Å². The van der Waals surface area contributed by atoms with E-state index in [1.54, 1.807) is 0 Å². The Labute approximate surface area is 98.4 Å². The standard InChI is InChI=1S/C11H13F3O2S/c1-10(2,3)17(15,16)9-6-4-8(5-7-9)11(12,13)14/h4-7H,1-3H3. The molecule has 1 aromatic rings. The summed E-state index contributed by atoms with van der Waals surface area (Å²) in [6.07, 6.45) is -4.45. The van der Waals surface area contributed by atoms with Gasteiger partial charge in [0.1, 0.15) is 0 Å². The number of hydrogen-bond acceptors (Lipinski definition) is 2. The lowest BCUT2D eigenvalue weighted by Gasteiger charge is -2.19. The minimum absolute atomic E-state index is 0.0991. The predicted molar refractivity (Wildman–Crippen MR) is 58.4 cm³/mol. The van der Waals surface area contributed by atoms with Crippen molar-refractivity contribution in [3.8, 4) is 0 Å². The number of rotatable bonds is 1. The monoisotopic (exact) mass is 266 g/mol. The molecule has 0 aromatic heterocycles. The molecule has 0 atom stereocenters. The zero-order valence-electron chi connectivity index (χ0n) is 9.67. The number of alkyl halides is 3. The van der Waals surface area contributed by atoms with Crippen LogP contribution in [0.4, 0.5) is 13.2 Å². The van der Waals surface area contributed by atoms with Crippen LogP contribution in [-0.2, 0) is 16.0 Å². The molecule has 0 amide bonds. The fourth-order valence-corrected chi connectivity index (χ4v) is 2.38. The lowest BCUT2D eigenvalue weighted by atomic mass is 10.2. The van der Waals surface area contributed by atoms with Crippen LogP contribution in [0.5, 0.6) is 0 Å². The van der Waals surface area contributed by atoms with E-state index in [-0.39, 0.29) is 4.90 Å². The second kappa shape index (κ2) is 4.01. The molecule has 0 N–H and O–H groups in total. The van der Waals surface area contributed by atoms with E-state index in [4.69, 9.17) is 0 Å². The Hall–Kier alpha value is -1.04. The summed E-state index contributed by atoms with van der Waals surface area (Å²) in [5.74, 6) is 0. The molecule has 0 heterocycles. The highest BCUT2D eigenvalue weighted by Crippen LogP contribution is 2.31. The molecule has 1 rings (SSSR count). The van der Waals surface area contributed by atoms with E-state index in [1.165, 1.54) is 20.8 Å². The smallest absolute Gasteiger partial charge is 0.223 e. The first kappa shape index (κ1) is 14.0. The van der Waals surface area contributed by atoms with Gasteiger partial charge in [-0.2, -0.15) is 13.2 Å². The predicted octanol–water partition coefficient (Wildman–Crippen LogP) is 3.28. The third-order valence-electron chi connectivity index (χ3n) is 2.30. The summed E-state index contributed by atoms with van der Waals surface area (Å²) >= 11 is 0. The topological polar surface area (TPSA) is 34.1 Å². The van der Waals surface area contributed by atoms with Crippen molar-refractivity contribution in [3.05, 3.63) is 29.8 Å². The van der Waals surface area contributed by atoms with Gasteiger partial charge in [0.05, 0.1) is 15.2 Å². The van der Waals surface area contributed by atoms with E-state index >= 15 is 0 Å². The molecule has 0 fully saturated rings. The molecule has 2 nitrogen and oxygen atoms in total. The van der Waals surface area contributed by atoms with Gasteiger partial charge in [-0.25, -0.2) is 8.42 Å². The van der Waals surface area contributed by atoms with Crippen LogP contribution in [0.25, 0.3) is 0 Å². The number of sulfone groups is 1. The minimum Gasteiger partial charge on any atom is -0.223 e. The highest BCUT2D eigenvalue weighted by molar-refractivity contribution is 7.92. The maximum absolute atomic E-state index is 12.3. The van der Waals surface area contributed by atoms with Crippen molar-refractivity contribution in [1.82, 2.24) is 0 Å². The SMILES string of the molecule is CC(C)(C)S(=O)(=O)c1ccc(C(F)(F)F)cc1. The molecule has 0 aliphatic rings. The minimum atomic E-state index is -4.45. The third kappa shape index (κ3) is 2.80. The summed E-state index contributed by atoms with van der Waals surface area (Å²) in [5.41, 5.74) is -0.856. The highest BCUT2D eigenvalue weighted by atomic mass is 32.2. The molecule has 0 aliphatic heterocycles. The van der Waals surface area contributed by atoms with Gasteiger partial charge in [-0.3, -0.25) is 0 Å².